The number of nitrogens with one attached hydrogen (secondary N) is 3. The summed E-state index contributed by atoms with van der Waals surface area (Å²) in [5.41, 5.74) is 15.9. The number of para-hydroxylation sites is 1. The molecule has 0 amide bonds. The lowest BCUT2D eigenvalue weighted by molar-refractivity contribution is -0.494. The summed E-state index contributed by atoms with van der Waals surface area (Å²) >= 11 is 4.73. The van der Waals surface area contributed by atoms with Crippen molar-refractivity contribution in [3.05, 3.63) is 65.7 Å². The Hall–Kier alpha value is -3.13. The van der Waals surface area contributed by atoms with Gasteiger partial charge in [-0.05, 0) is 30.4 Å². The highest BCUT2D eigenvalue weighted by molar-refractivity contribution is 7.80. The van der Waals surface area contributed by atoms with E-state index in [4.69, 9.17) is 22.7 Å². The second kappa shape index (κ2) is 7.93. The molecule has 0 unspecified atom stereocenters. The van der Waals surface area contributed by atoms with Crippen LogP contribution in [0.25, 0.3) is 0 Å². The number of ether oxygens (including phenoxy) is 1. The fourth-order valence-corrected chi connectivity index (χ4v) is 2.07. The molecule has 0 saturated carbocycles. The van der Waals surface area contributed by atoms with Crippen molar-refractivity contribution < 1.29 is 14.2 Å². The minimum Gasteiger partial charge on any atom is -0.493 e. The third-order valence-electron chi connectivity index (χ3n) is 2.98. The second-order valence-corrected chi connectivity index (χ2v) is 5.23. The predicted molar refractivity (Wildman–Crippen MR) is 96.8 cm³/mol. The molecule has 0 aromatic heterocycles. The van der Waals surface area contributed by atoms with E-state index in [1.165, 1.54) is 18.0 Å². The number of hydrazone groups is 1. The Morgan fingerprint density at radius 2 is 2.00 bits per heavy atom. The van der Waals surface area contributed by atoms with E-state index in [1.54, 1.807) is 12.2 Å². The lowest BCUT2D eigenvalue weighted by Crippen LogP contribution is -2.35. The van der Waals surface area contributed by atoms with Gasteiger partial charge in [0.1, 0.15) is 0 Å². The van der Waals surface area contributed by atoms with Gasteiger partial charge in [-0.1, -0.05) is 22.9 Å². The Balaban J connectivity index is 2.18. The summed E-state index contributed by atoms with van der Waals surface area (Å²) in [6, 6.07) is 9.55. The number of nitrogens with two attached hydrogens (primary N) is 1. The second-order valence-electron chi connectivity index (χ2n) is 4.79. The monoisotopic (exact) mass is 344 g/mol. The summed E-state index contributed by atoms with van der Waals surface area (Å²) in [6.45, 7) is 3.68. The van der Waals surface area contributed by atoms with Gasteiger partial charge in [0, 0.05) is 6.08 Å². The highest BCUT2D eigenvalue weighted by Crippen LogP contribution is 2.18. The molecule has 2 rings (SSSR count). The number of rotatable bonds is 6. The number of methoxy groups -OCH3 is 1. The number of ketones is 1. The summed E-state index contributed by atoms with van der Waals surface area (Å²) in [5.74, 6) is -0.0778. The van der Waals surface area contributed by atoms with Crippen LogP contribution in [0.15, 0.2) is 65.7 Å². The maximum absolute atomic E-state index is 12.3. The molecule has 1 aliphatic rings. The average Bonchev–Trinajstić information content (AvgIpc) is 2.55. The first-order valence-corrected chi connectivity index (χ1v) is 7.37. The summed E-state index contributed by atoms with van der Waals surface area (Å²) < 4.78 is 6.39. The van der Waals surface area contributed by atoms with Crippen molar-refractivity contribution >= 4 is 35.5 Å². The zero-order chi connectivity index (χ0) is 17.5. The van der Waals surface area contributed by atoms with Crippen LogP contribution < -0.4 is 22.0 Å². The Morgan fingerprint density at radius 3 is 2.62 bits per heavy atom. The Kier molecular flexibility index (Phi) is 5.69. The van der Waals surface area contributed by atoms with Gasteiger partial charge in [0.15, 0.2) is 12.5 Å². The zero-order valence-electron chi connectivity index (χ0n) is 13.1. The van der Waals surface area contributed by atoms with Crippen molar-refractivity contribution in [2.24, 2.45) is 5.73 Å². The number of hydrogen-bond acceptors (Lipinski definition) is 5. The number of nitrogens with zero attached hydrogens (tertiary/aromatic N) is 1. The number of allylic oxidation sites excluding steroid dienone is 3. The van der Waals surface area contributed by atoms with Gasteiger partial charge < -0.3 is 21.3 Å². The molecule has 24 heavy (non-hydrogen) atoms. The molecule has 1 aromatic rings. The standard InChI is InChI=1S/C16H17N5O2S/c1-21(20-16(17)24)10-11-8-13(9-14(23-2)15(11)22)19-18-12-6-4-3-5-7-12/h3-10,18-19H,1H2,2H3,(H2-,17,20,24)/p+1. The molecule has 8 heteroatoms. The Bertz CT molecular complexity index is 753. The van der Waals surface area contributed by atoms with Crippen molar-refractivity contribution in [1.29, 1.82) is 0 Å². The number of anilines is 1. The summed E-state index contributed by atoms with van der Waals surface area (Å²) in [7, 11) is 1.43. The minimum absolute atomic E-state index is 0.0423. The van der Waals surface area contributed by atoms with Crippen molar-refractivity contribution in [3.8, 4) is 0 Å². The number of thiocarbonyl (C=S) groups is 1. The molecule has 0 bridgehead atoms. The largest absolute Gasteiger partial charge is 0.493 e. The van der Waals surface area contributed by atoms with Gasteiger partial charge in [-0.15, -0.1) is 5.43 Å². The maximum Gasteiger partial charge on any atom is 0.233 e. The van der Waals surface area contributed by atoms with Crippen LogP contribution in [0.4, 0.5) is 5.69 Å². The fourth-order valence-electron chi connectivity index (χ4n) is 1.95. The van der Waals surface area contributed by atoms with Crippen LogP contribution in [0.2, 0.25) is 0 Å². The summed E-state index contributed by atoms with van der Waals surface area (Å²) in [4.78, 5) is 12.3. The lowest BCUT2D eigenvalue weighted by Gasteiger charge is -2.16. The van der Waals surface area contributed by atoms with Crippen LogP contribution in [-0.4, -0.2) is 29.4 Å². The van der Waals surface area contributed by atoms with E-state index in [0.29, 0.717) is 11.3 Å². The molecule has 0 radical (unpaired) electrons. The van der Waals surface area contributed by atoms with Crippen LogP contribution in [0.5, 0.6) is 0 Å². The maximum atomic E-state index is 12.3. The summed E-state index contributed by atoms with van der Waals surface area (Å²) in [5, 5.41) is 0.0423. The first-order valence-electron chi connectivity index (χ1n) is 6.96. The molecular weight excluding hydrogens is 326 g/mol. The Morgan fingerprint density at radius 1 is 1.29 bits per heavy atom. The number of carbonyl (C=O) groups excluding carboxylic acids is 1. The van der Waals surface area contributed by atoms with E-state index in [-0.39, 0.29) is 16.7 Å². The first kappa shape index (κ1) is 17.2. The van der Waals surface area contributed by atoms with Gasteiger partial charge in [0.25, 0.3) is 0 Å². The van der Waals surface area contributed by atoms with Gasteiger partial charge in [-0.25, -0.2) is 0 Å². The van der Waals surface area contributed by atoms with Crippen molar-refractivity contribution in [2.45, 2.75) is 0 Å². The van der Waals surface area contributed by atoms with Crippen LogP contribution in [0.1, 0.15) is 0 Å². The molecule has 7 nitrogen and oxygen atoms in total. The van der Waals surface area contributed by atoms with E-state index in [9.17, 15) is 4.79 Å². The molecule has 0 fully saturated rings. The third kappa shape index (κ3) is 4.68. The fraction of sp³-hybridized carbons (Fsp3) is 0.0625. The smallest absolute Gasteiger partial charge is 0.233 e. The summed E-state index contributed by atoms with van der Waals surface area (Å²) in [6.07, 6.45) is 4.72. The number of hydrogen-bond donors (Lipinski definition) is 4. The normalized spacial score (nSPS) is 15.2. The van der Waals surface area contributed by atoms with Gasteiger partial charge in [0.2, 0.25) is 17.1 Å². The van der Waals surface area contributed by atoms with E-state index in [0.717, 1.165) is 5.69 Å². The lowest BCUT2D eigenvalue weighted by atomic mass is 10.0. The molecule has 0 aliphatic heterocycles. The van der Waals surface area contributed by atoms with Crippen LogP contribution in [-0.2, 0) is 9.53 Å². The van der Waals surface area contributed by atoms with Gasteiger partial charge >= 0.3 is 0 Å². The third-order valence-corrected chi connectivity index (χ3v) is 3.07. The minimum atomic E-state index is -0.277. The van der Waals surface area contributed by atoms with Gasteiger partial charge in [-0.2, -0.15) is 0 Å². The van der Waals surface area contributed by atoms with E-state index in [1.807, 2.05) is 30.3 Å². The highest BCUT2D eigenvalue weighted by Gasteiger charge is 2.22. The molecule has 0 spiro atoms. The highest BCUT2D eigenvalue weighted by atomic mass is 32.1. The molecular formula is C16H18N5O2S+. The molecule has 1 aliphatic carbocycles. The van der Waals surface area contributed by atoms with Crippen molar-refractivity contribution in [3.63, 3.8) is 0 Å². The number of hydrazine groups is 2. The van der Waals surface area contributed by atoms with Gasteiger partial charge in [-0.3, -0.25) is 4.79 Å². The topological polar surface area (TPSA) is 91.4 Å². The molecule has 124 valence electrons. The van der Waals surface area contributed by atoms with E-state index < -0.39 is 0 Å². The van der Waals surface area contributed by atoms with Crippen molar-refractivity contribution in [2.75, 3.05) is 12.5 Å². The van der Waals surface area contributed by atoms with E-state index >= 15 is 0 Å². The number of carbonyl (C=O) groups is 1. The zero-order valence-corrected chi connectivity index (χ0v) is 13.9. The average molecular weight is 344 g/mol. The predicted octanol–water partition coefficient (Wildman–Crippen LogP) is 0.945. The van der Waals surface area contributed by atoms with Crippen LogP contribution in [0, 0.1) is 0 Å². The first-order chi connectivity index (χ1) is 11.5. The molecule has 0 heterocycles. The molecule has 0 saturated heterocycles. The SMILES string of the molecule is C=[N+](C=C1C=C(NNc2ccccc2)C=C(OC)C1=O)NC(N)=S. The van der Waals surface area contributed by atoms with Crippen LogP contribution in [0.3, 0.4) is 0 Å². The number of benzene rings is 1. The van der Waals surface area contributed by atoms with Crippen molar-refractivity contribution in [1.82, 2.24) is 10.9 Å². The van der Waals surface area contributed by atoms with Crippen LogP contribution >= 0.6 is 12.2 Å². The molecule has 0 atom stereocenters. The number of Topliss-reactive ketones (excluding diaryl/α,β-unsaturated/α-hetero) is 1. The Labute approximate surface area is 145 Å². The quantitative estimate of drug-likeness (QED) is 0.201. The van der Waals surface area contributed by atoms with Gasteiger partial charge in [0.05, 0.1) is 24.1 Å². The van der Waals surface area contributed by atoms with E-state index in [2.05, 4.69) is 23.0 Å². The molecule has 5 N–H and O–H groups in total. The molecule has 1 aromatic carbocycles.